The van der Waals surface area contributed by atoms with Crippen molar-refractivity contribution in [2.24, 2.45) is 5.92 Å². The van der Waals surface area contributed by atoms with Crippen LogP contribution in [0.25, 0.3) is 0 Å². The van der Waals surface area contributed by atoms with Gasteiger partial charge in [0.2, 0.25) is 0 Å². The van der Waals surface area contributed by atoms with Gasteiger partial charge in [0, 0.05) is 50.0 Å². The molecule has 3 fully saturated rings. The van der Waals surface area contributed by atoms with E-state index >= 15 is 0 Å². The quantitative estimate of drug-likeness (QED) is 0.813. The minimum atomic E-state index is 0.471. The molecule has 3 nitrogen and oxygen atoms in total. The van der Waals surface area contributed by atoms with E-state index in [1.165, 1.54) is 49.2 Å². The lowest BCUT2D eigenvalue weighted by molar-refractivity contribution is -0.0133. The molecule has 4 rings (SSSR count). The molecule has 3 saturated heterocycles. The van der Waals surface area contributed by atoms with E-state index in [2.05, 4.69) is 47.9 Å². The second kappa shape index (κ2) is 7.36. The third kappa shape index (κ3) is 3.82. The van der Waals surface area contributed by atoms with Crippen molar-refractivity contribution in [2.45, 2.75) is 43.6 Å². The first kappa shape index (κ1) is 16.9. The molecule has 3 aliphatic heterocycles. The van der Waals surface area contributed by atoms with Gasteiger partial charge >= 0.3 is 0 Å². The summed E-state index contributed by atoms with van der Waals surface area (Å²) in [5.41, 5.74) is 2.89. The summed E-state index contributed by atoms with van der Waals surface area (Å²) in [7, 11) is 0. The molecule has 3 aliphatic rings. The van der Waals surface area contributed by atoms with Crippen molar-refractivity contribution < 1.29 is 9.47 Å². The molecule has 0 saturated carbocycles. The van der Waals surface area contributed by atoms with Gasteiger partial charge in [0.1, 0.15) is 0 Å². The van der Waals surface area contributed by atoms with E-state index in [1.54, 1.807) is 0 Å². The molecule has 4 heteroatoms. The van der Waals surface area contributed by atoms with Gasteiger partial charge in [-0.05, 0) is 43.2 Å². The van der Waals surface area contributed by atoms with Crippen LogP contribution in [0, 0.1) is 12.8 Å². The van der Waals surface area contributed by atoms with Gasteiger partial charge in [0.05, 0.1) is 6.10 Å². The number of nitrogens with zero attached hydrogens (tertiary/aromatic N) is 1. The number of hydrogen-bond acceptors (Lipinski definition) is 4. The Morgan fingerprint density at radius 3 is 2.83 bits per heavy atom. The highest BCUT2D eigenvalue weighted by Gasteiger charge is 2.49. The molecule has 0 aliphatic carbocycles. The lowest BCUT2D eigenvalue weighted by atomic mass is 9.92. The van der Waals surface area contributed by atoms with Crippen molar-refractivity contribution in [3.63, 3.8) is 0 Å². The number of thioether (sulfide) groups is 1. The monoisotopic (exact) mass is 347 g/mol. The number of benzene rings is 1. The number of rotatable bonds is 5. The lowest BCUT2D eigenvalue weighted by Crippen LogP contribution is -2.58. The number of ether oxygens (including phenoxy) is 2. The maximum Gasteiger partial charge on any atom is 0.0680 e. The Hall–Kier alpha value is -0.550. The number of hydrogen-bond donors (Lipinski definition) is 0. The van der Waals surface area contributed by atoms with Crippen LogP contribution in [0.2, 0.25) is 0 Å². The number of likely N-dealkylation sites (tertiary alicyclic amines) is 1. The number of aryl methyl sites for hydroxylation is 1. The van der Waals surface area contributed by atoms with Gasteiger partial charge in [-0.1, -0.05) is 24.3 Å². The van der Waals surface area contributed by atoms with Gasteiger partial charge in [0.15, 0.2) is 0 Å². The zero-order valence-electron chi connectivity index (χ0n) is 14.7. The SMILES string of the molecule is Cc1ccccc1CN1CC2(C[C@H](OCC3CCOCC3)CS2)C1. The first-order valence-electron chi connectivity index (χ1n) is 9.33. The zero-order valence-corrected chi connectivity index (χ0v) is 15.5. The van der Waals surface area contributed by atoms with Gasteiger partial charge < -0.3 is 9.47 Å². The molecule has 0 aromatic heterocycles. The highest BCUT2D eigenvalue weighted by atomic mass is 32.2. The molecule has 0 radical (unpaired) electrons. The summed E-state index contributed by atoms with van der Waals surface area (Å²) in [6.45, 7) is 8.55. The predicted molar refractivity (Wildman–Crippen MR) is 99.5 cm³/mol. The Morgan fingerprint density at radius 2 is 2.04 bits per heavy atom. The zero-order chi connectivity index (χ0) is 16.4. The first-order valence-corrected chi connectivity index (χ1v) is 10.3. The molecular formula is C20H29NO2S. The van der Waals surface area contributed by atoms with E-state index in [0.29, 0.717) is 10.9 Å². The van der Waals surface area contributed by atoms with Crippen LogP contribution in [0.1, 0.15) is 30.4 Å². The summed E-state index contributed by atoms with van der Waals surface area (Å²) in [4.78, 5) is 2.59. The van der Waals surface area contributed by atoms with Crippen LogP contribution in [0.4, 0.5) is 0 Å². The second-order valence-electron chi connectivity index (χ2n) is 7.78. The van der Waals surface area contributed by atoms with Gasteiger partial charge in [-0.15, -0.1) is 11.8 Å². The maximum absolute atomic E-state index is 6.25. The maximum atomic E-state index is 6.25. The van der Waals surface area contributed by atoms with Crippen LogP contribution in [0.15, 0.2) is 24.3 Å². The molecular weight excluding hydrogens is 318 g/mol. The van der Waals surface area contributed by atoms with Crippen molar-refractivity contribution in [3.8, 4) is 0 Å². The standard InChI is InChI=1S/C20H29NO2S/c1-16-4-2-3-5-18(16)11-21-14-20(15-21)10-19(13-24-20)23-12-17-6-8-22-9-7-17/h2-5,17,19H,6-15H2,1H3/t19-/m0/s1. The summed E-state index contributed by atoms with van der Waals surface area (Å²) in [6.07, 6.45) is 4.06. The van der Waals surface area contributed by atoms with E-state index in [1.807, 2.05) is 0 Å². The molecule has 0 unspecified atom stereocenters. The molecule has 1 spiro atoms. The van der Waals surface area contributed by atoms with Gasteiger partial charge in [-0.2, -0.15) is 0 Å². The first-order chi connectivity index (χ1) is 11.7. The third-order valence-corrected chi connectivity index (χ3v) is 7.34. The predicted octanol–water partition coefficient (Wildman–Crippen LogP) is 3.50. The van der Waals surface area contributed by atoms with Crippen LogP contribution in [-0.2, 0) is 16.0 Å². The molecule has 1 aromatic carbocycles. The summed E-state index contributed by atoms with van der Waals surface area (Å²) < 4.78 is 12.2. The Morgan fingerprint density at radius 1 is 1.25 bits per heavy atom. The van der Waals surface area contributed by atoms with E-state index in [9.17, 15) is 0 Å². The minimum absolute atomic E-state index is 0.471. The lowest BCUT2D eigenvalue weighted by Gasteiger charge is -2.47. The largest absolute Gasteiger partial charge is 0.381 e. The average Bonchev–Trinajstić information content (AvgIpc) is 3.00. The van der Waals surface area contributed by atoms with E-state index in [-0.39, 0.29) is 0 Å². The van der Waals surface area contributed by atoms with E-state index in [0.717, 1.165) is 32.3 Å². The molecule has 1 atom stereocenters. The molecule has 0 amide bonds. The highest BCUT2D eigenvalue weighted by molar-refractivity contribution is 8.01. The summed E-state index contributed by atoms with van der Waals surface area (Å²) in [6, 6.07) is 8.77. The van der Waals surface area contributed by atoms with Crippen molar-refractivity contribution in [2.75, 3.05) is 38.7 Å². The topological polar surface area (TPSA) is 21.7 Å². The molecule has 3 heterocycles. The fourth-order valence-corrected chi connectivity index (χ4v) is 5.83. The van der Waals surface area contributed by atoms with Gasteiger partial charge in [-0.25, -0.2) is 0 Å². The van der Waals surface area contributed by atoms with Crippen molar-refractivity contribution in [1.82, 2.24) is 4.90 Å². The molecule has 132 valence electrons. The minimum Gasteiger partial charge on any atom is -0.381 e. The van der Waals surface area contributed by atoms with Crippen LogP contribution in [0.5, 0.6) is 0 Å². The fraction of sp³-hybridized carbons (Fsp3) is 0.700. The van der Waals surface area contributed by atoms with Crippen molar-refractivity contribution in [3.05, 3.63) is 35.4 Å². The van der Waals surface area contributed by atoms with E-state index in [4.69, 9.17) is 9.47 Å². The molecule has 0 bridgehead atoms. The van der Waals surface area contributed by atoms with Crippen LogP contribution < -0.4 is 0 Å². The molecule has 24 heavy (non-hydrogen) atoms. The fourth-order valence-electron chi connectivity index (χ4n) is 4.22. The Bertz CT molecular complexity index is 552. The summed E-state index contributed by atoms with van der Waals surface area (Å²) in [5, 5.41) is 0. The highest BCUT2D eigenvalue weighted by Crippen LogP contribution is 2.46. The second-order valence-corrected chi connectivity index (χ2v) is 9.27. The van der Waals surface area contributed by atoms with Gasteiger partial charge in [-0.3, -0.25) is 4.90 Å². The van der Waals surface area contributed by atoms with Crippen LogP contribution >= 0.6 is 11.8 Å². The van der Waals surface area contributed by atoms with E-state index < -0.39 is 0 Å². The molecule has 1 aromatic rings. The Labute approximate surface area is 150 Å². The van der Waals surface area contributed by atoms with Gasteiger partial charge in [0.25, 0.3) is 0 Å². The summed E-state index contributed by atoms with van der Waals surface area (Å²) in [5.74, 6) is 1.90. The Kier molecular flexibility index (Phi) is 5.18. The van der Waals surface area contributed by atoms with Crippen LogP contribution in [-0.4, -0.2) is 54.4 Å². The smallest absolute Gasteiger partial charge is 0.0680 e. The average molecular weight is 348 g/mol. The third-order valence-electron chi connectivity index (χ3n) is 5.76. The summed E-state index contributed by atoms with van der Waals surface area (Å²) >= 11 is 2.15. The molecule has 0 N–H and O–H groups in total. The normalized spacial score (nSPS) is 27.5. The Balaban J connectivity index is 1.21. The van der Waals surface area contributed by atoms with Crippen LogP contribution in [0.3, 0.4) is 0 Å². The van der Waals surface area contributed by atoms with Crippen molar-refractivity contribution in [1.29, 1.82) is 0 Å². The van der Waals surface area contributed by atoms with Crippen molar-refractivity contribution >= 4 is 11.8 Å².